The summed E-state index contributed by atoms with van der Waals surface area (Å²) in [7, 11) is 0. The third-order valence-electron chi connectivity index (χ3n) is 3.09. The highest BCUT2D eigenvalue weighted by Gasteiger charge is 2.07. The average molecular weight is 294 g/mol. The smallest absolute Gasteiger partial charge is 0.133 e. The molecule has 2 aromatic heterocycles. The predicted octanol–water partition coefficient (Wildman–Crippen LogP) is 3.30. The van der Waals surface area contributed by atoms with E-state index < -0.39 is 0 Å². The third-order valence-corrected chi connectivity index (χ3v) is 4.08. The molecule has 0 fully saturated rings. The third kappa shape index (κ3) is 4.44. The number of hydrogen-bond acceptors (Lipinski definition) is 5. The molecule has 0 atom stereocenters. The fourth-order valence-corrected chi connectivity index (χ4v) is 2.62. The van der Waals surface area contributed by atoms with Crippen molar-refractivity contribution < 1.29 is 9.15 Å². The van der Waals surface area contributed by atoms with Gasteiger partial charge in [-0.1, -0.05) is 13.8 Å². The molecule has 20 heavy (non-hydrogen) atoms. The highest BCUT2D eigenvalue weighted by molar-refractivity contribution is 7.09. The van der Waals surface area contributed by atoms with Gasteiger partial charge in [0.2, 0.25) is 0 Å². The molecule has 5 heteroatoms. The van der Waals surface area contributed by atoms with Gasteiger partial charge in [0.1, 0.15) is 12.4 Å². The zero-order chi connectivity index (χ0) is 14.4. The fraction of sp³-hybridized carbons (Fsp3) is 0.533. The van der Waals surface area contributed by atoms with Crippen LogP contribution in [0.15, 0.2) is 22.3 Å². The Labute approximate surface area is 124 Å². The topological polar surface area (TPSA) is 47.3 Å². The molecular weight excluding hydrogens is 272 g/mol. The minimum atomic E-state index is 0.466. The molecule has 0 aliphatic carbocycles. The van der Waals surface area contributed by atoms with Crippen molar-refractivity contribution in [3.63, 3.8) is 0 Å². The molecule has 0 radical (unpaired) electrons. The molecular formula is C15H22N2O2S. The Morgan fingerprint density at radius 2 is 2.30 bits per heavy atom. The van der Waals surface area contributed by atoms with Gasteiger partial charge in [-0.05, 0) is 13.0 Å². The van der Waals surface area contributed by atoms with E-state index >= 15 is 0 Å². The van der Waals surface area contributed by atoms with E-state index in [-0.39, 0.29) is 0 Å². The van der Waals surface area contributed by atoms with Gasteiger partial charge >= 0.3 is 0 Å². The maximum absolute atomic E-state index is 5.71. The van der Waals surface area contributed by atoms with Crippen LogP contribution in [0.5, 0.6) is 0 Å². The van der Waals surface area contributed by atoms with Crippen LogP contribution in [0, 0.1) is 6.92 Å². The van der Waals surface area contributed by atoms with E-state index in [0.717, 1.165) is 24.4 Å². The van der Waals surface area contributed by atoms with Crippen LogP contribution < -0.4 is 5.32 Å². The minimum Gasteiger partial charge on any atom is -0.467 e. The van der Waals surface area contributed by atoms with Crippen LogP contribution in [0.3, 0.4) is 0 Å². The second kappa shape index (κ2) is 7.57. The molecule has 0 amide bonds. The standard InChI is InChI=1S/C15H22N2O2S/c1-11(2)16-8-13-4-7-19-14(13)9-18-6-5-15-12(3)17-10-20-15/h4,7,10-11,16H,5-6,8-9H2,1-3H3. The van der Waals surface area contributed by atoms with E-state index in [2.05, 4.69) is 24.1 Å². The van der Waals surface area contributed by atoms with Crippen LogP contribution in [0.25, 0.3) is 0 Å². The summed E-state index contributed by atoms with van der Waals surface area (Å²) < 4.78 is 11.2. The second-order valence-electron chi connectivity index (χ2n) is 5.07. The summed E-state index contributed by atoms with van der Waals surface area (Å²) in [6, 6.07) is 2.47. The van der Waals surface area contributed by atoms with Crippen LogP contribution in [-0.4, -0.2) is 17.6 Å². The molecule has 0 bridgehead atoms. The SMILES string of the molecule is Cc1ncsc1CCOCc1occc1CNC(C)C. The number of nitrogens with one attached hydrogen (secondary N) is 1. The first kappa shape index (κ1) is 15.2. The largest absolute Gasteiger partial charge is 0.467 e. The molecule has 2 aromatic rings. The van der Waals surface area contributed by atoms with Crippen LogP contribution in [0.4, 0.5) is 0 Å². The van der Waals surface area contributed by atoms with Gasteiger partial charge in [-0.3, -0.25) is 0 Å². The van der Waals surface area contributed by atoms with Crippen LogP contribution >= 0.6 is 11.3 Å². The van der Waals surface area contributed by atoms with Gasteiger partial charge in [0.05, 0.1) is 24.1 Å². The molecule has 0 aromatic carbocycles. The summed E-state index contributed by atoms with van der Waals surface area (Å²) in [6.45, 7) is 8.34. The minimum absolute atomic E-state index is 0.466. The molecule has 0 unspecified atom stereocenters. The highest BCUT2D eigenvalue weighted by Crippen LogP contribution is 2.15. The monoisotopic (exact) mass is 294 g/mol. The molecule has 0 aliphatic heterocycles. The van der Waals surface area contributed by atoms with Crippen molar-refractivity contribution in [2.24, 2.45) is 0 Å². The Bertz CT molecular complexity index is 519. The van der Waals surface area contributed by atoms with Crippen molar-refractivity contribution in [1.82, 2.24) is 10.3 Å². The molecule has 1 N–H and O–H groups in total. The van der Waals surface area contributed by atoms with Crippen molar-refractivity contribution >= 4 is 11.3 Å². The van der Waals surface area contributed by atoms with Gasteiger partial charge in [0.25, 0.3) is 0 Å². The Morgan fingerprint density at radius 1 is 1.45 bits per heavy atom. The lowest BCUT2D eigenvalue weighted by Gasteiger charge is -2.08. The summed E-state index contributed by atoms with van der Waals surface area (Å²) in [5, 5.41) is 3.39. The van der Waals surface area contributed by atoms with E-state index in [1.807, 2.05) is 18.5 Å². The van der Waals surface area contributed by atoms with Gasteiger partial charge in [-0.25, -0.2) is 4.98 Å². The number of hydrogen-bond donors (Lipinski definition) is 1. The molecule has 0 saturated carbocycles. The summed E-state index contributed by atoms with van der Waals surface area (Å²) in [6.07, 6.45) is 2.64. The zero-order valence-corrected chi connectivity index (χ0v) is 13.1. The summed E-state index contributed by atoms with van der Waals surface area (Å²) in [5.74, 6) is 0.916. The van der Waals surface area contributed by atoms with E-state index in [1.54, 1.807) is 17.6 Å². The Balaban J connectivity index is 1.74. The van der Waals surface area contributed by atoms with E-state index in [9.17, 15) is 0 Å². The number of furan rings is 1. The first-order valence-electron chi connectivity index (χ1n) is 6.92. The van der Waals surface area contributed by atoms with Gasteiger partial charge < -0.3 is 14.5 Å². The maximum atomic E-state index is 5.71. The molecule has 0 saturated heterocycles. The van der Waals surface area contributed by atoms with Gasteiger partial charge in [0.15, 0.2) is 0 Å². The van der Waals surface area contributed by atoms with Gasteiger partial charge in [0, 0.05) is 29.4 Å². The average Bonchev–Trinajstić information content (AvgIpc) is 3.01. The van der Waals surface area contributed by atoms with E-state index in [4.69, 9.17) is 9.15 Å². The van der Waals surface area contributed by atoms with Gasteiger partial charge in [-0.15, -0.1) is 11.3 Å². The van der Waals surface area contributed by atoms with Crippen molar-refractivity contribution in [2.75, 3.05) is 6.61 Å². The Kier molecular flexibility index (Phi) is 5.76. The van der Waals surface area contributed by atoms with Crippen molar-refractivity contribution in [2.45, 2.75) is 46.4 Å². The maximum Gasteiger partial charge on any atom is 0.133 e. The molecule has 4 nitrogen and oxygen atoms in total. The van der Waals surface area contributed by atoms with Crippen LogP contribution in [-0.2, 0) is 24.3 Å². The Hall–Kier alpha value is -1.17. The van der Waals surface area contributed by atoms with Crippen molar-refractivity contribution in [1.29, 1.82) is 0 Å². The number of aryl methyl sites for hydroxylation is 1. The van der Waals surface area contributed by atoms with Crippen LogP contribution in [0.2, 0.25) is 0 Å². The normalized spacial score (nSPS) is 11.4. The molecule has 0 aliphatic rings. The number of nitrogens with zero attached hydrogens (tertiary/aromatic N) is 1. The van der Waals surface area contributed by atoms with Crippen molar-refractivity contribution in [3.05, 3.63) is 39.7 Å². The summed E-state index contributed by atoms with van der Waals surface area (Å²) in [4.78, 5) is 5.53. The van der Waals surface area contributed by atoms with E-state index in [0.29, 0.717) is 19.3 Å². The first-order chi connectivity index (χ1) is 9.66. The molecule has 110 valence electrons. The molecule has 2 heterocycles. The first-order valence-corrected chi connectivity index (χ1v) is 7.80. The number of thiazole rings is 1. The highest BCUT2D eigenvalue weighted by atomic mass is 32.1. The van der Waals surface area contributed by atoms with E-state index in [1.165, 1.54) is 10.4 Å². The number of aromatic nitrogens is 1. The second-order valence-corrected chi connectivity index (χ2v) is 6.01. The predicted molar refractivity (Wildman–Crippen MR) is 80.9 cm³/mol. The summed E-state index contributed by atoms with van der Waals surface area (Å²) in [5.41, 5.74) is 4.17. The van der Waals surface area contributed by atoms with Gasteiger partial charge in [-0.2, -0.15) is 0 Å². The summed E-state index contributed by atoms with van der Waals surface area (Å²) >= 11 is 1.69. The lowest BCUT2D eigenvalue weighted by Crippen LogP contribution is -2.22. The number of rotatable bonds is 8. The zero-order valence-electron chi connectivity index (χ0n) is 12.3. The Morgan fingerprint density at radius 3 is 3.00 bits per heavy atom. The van der Waals surface area contributed by atoms with Crippen molar-refractivity contribution in [3.8, 4) is 0 Å². The molecule has 2 rings (SSSR count). The quantitative estimate of drug-likeness (QED) is 0.759. The fourth-order valence-electron chi connectivity index (χ4n) is 1.86. The lowest BCUT2D eigenvalue weighted by molar-refractivity contribution is 0.108. The lowest BCUT2D eigenvalue weighted by atomic mass is 10.2. The van der Waals surface area contributed by atoms with Crippen LogP contribution in [0.1, 0.15) is 35.7 Å². The number of ether oxygens (including phenoxy) is 1. The molecule has 0 spiro atoms.